The van der Waals surface area contributed by atoms with Crippen molar-refractivity contribution < 1.29 is 9.53 Å². The molecule has 2 rings (SSSR count). The van der Waals surface area contributed by atoms with E-state index in [9.17, 15) is 4.79 Å². The van der Waals surface area contributed by atoms with Gasteiger partial charge in [-0.1, -0.05) is 30.3 Å². The maximum atomic E-state index is 12.0. The van der Waals surface area contributed by atoms with Gasteiger partial charge in [0.15, 0.2) is 5.96 Å². The molecule has 0 aliphatic carbocycles. The van der Waals surface area contributed by atoms with Crippen molar-refractivity contribution in [2.24, 2.45) is 4.99 Å². The van der Waals surface area contributed by atoms with Gasteiger partial charge in [0.1, 0.15) is 5.75 Å². The van der Waals surface area contributed by atoms with Gasteiger partial charge in [0.05, 0.1) is 7.11 Å². The summed E-state index contributed by atoms with van der Waals surface area (Å²) in [6, 6.07) is 15.6. The first kappa shape index (κ1) is 23.7. The number of methoxy groups -OCH3 is 1. The lowest BCUT2D eigenvalue weighted by Gasteiger charge is -2.23. The predicted octanol–water partition coefficient (Wildman–Crippen LogP) is 3.22. The van der Waals surface area contributed by atoms with Crippen LogP contribution in [-0.2, 0) is 13.1 Å². The molecule has 0 aliphatic rings. The Balaban J connectivity index is 0.00000392. The van der Waals surface area contributed by atoms with Gasteiger partial charge in [-0.25, -0.2) is 0 Å². The average molecular weight is 496 g/mol. The van der Waals surface area contributed by atoms with Crippen LogP contribution in [-0.4, -0.2) is 57.0 Å². The predicted molar refractivity (Wildman–Crippen MR) is 125 cm³/mol. The van der Waals surface area contributed by atoms with Crippen molar-refractivity contribution in [1.82, 2.24) is 15.1 Å². The first-order valence-corrected chi connectivity index (χ1v) is 8.80. The summed E-state index contributed by atoms with van der Waals surface area (Å²) in [7, 11) is 8.93. The molecule has 0 atom stereocenters. The third kappa shape index (κ3) is 6.40. The molecule has 1 N–H and O–H groups in total. The second kappa shape index (κ2) is 11.5. The second-order valence-electron chi connectivity index (χ2n) is 6.47. The molecule has 0 bridgehead atoms. The number of benzene rings is 2. The molecule has 2 aromatic carbocycles. The van der Waals surface area contributed by atoms with Gasteiger partial charge in [0.2, 0.25) is 0 Å². The van der Waals surface area contributed by atoms with Crippen LogP contribution in [0.15, 0.2) is 53.5 Å². The zero-order valence-electron chi connectivity index (χ0n) is 17.1. The van der Waals surface area contributed by atoms with Crippen molar-refractivity contribution in [2.75, 3.05) is 35.3 Å². The van der Waals surface area contributed by atoms with E-state index in [4.69, 9.17) is 4.74 Å². The molecule has 0 heterocycles. The van der Waals surface area contributed by atoms with E-state index in [0.717, 1.165) is 22.8 Å². The lowest BCUT2D eigenvalue weighted by Crippen LogP contribution is -2.38. The number of amides is 1. The van der Waals surface area contributed by atoms with Gasteiger partial charge in [0, 0.05) is 52.4 Å². The van der Waals surface area contributed by atoms with Crippen LogP contribution < -0.4 is 10.1 Å². The Morgan fingerprint density at radius 3 is 2.29 bits per heavy atom. The van der Waals surface area contributed by atoms with E-state index in [1.54, 1.807) is 33.2 Å². The first-order valence-electron chi connectivity index (χ1n) is 8.80. The van der Waals surface area contributed by atoms with Crippen molar-refractivity contribution in [1.29, 1.82) is 0 Å². The van der Waals surface area contributed by atoms with Gasteiger partial charge in [-0.2, -0.15) is 0 Å². The molecule has 0 aliphatic heterocycles. The Morgan fingerprint density at radius 1 is 1.07 bits per heavy atom. The fourth-order valence-electron chi connectivity index (χ4n) is 2.75. The lowest BCUT2D eigenvalue weighted by molar-refractivity contribution is 0.0827. The molecule has 28 heavy (non-hydrogen) atoms. The highest BCUT2D eigenvalue weighted by atomic mass is 127. The fraction of sp³-hybridized carbons (Fsp3) is 0.333. The van der Waals surface area contributed by atoms with Crippen LogP contribution in [0.3, 0.4) is 0 Å². The molecule has 1 amide bonds. The van der Waals surface area contributed by atoms with Gasteiger partial charge < -0.3 is 19.9 Å². The molecular weight excluding hydrogens is 467 g/mol. The minimum Gasteiger partial charge on any atom is -0.496 e. The van der Waals surface area contributed by atoms with Crippen LogP contribution in [0.4, 0.5) is 0 Å². The van der Waals surface area contributed by atoms with Gasteiger partial charge >= 0.3 is 0 Å². The topological polar surface area (TPSA) is 57.2 Å². The number of carbonyl (C=O) groups is 1. The Hall–Kier alpha value is -2.29. The number of hydrogen-bond donors (Lipinski definition) is 1. The molecule has 6 nitrogen and oxygen atoms in total. The third-order valence-electron chi connectivity index (χ3n) is 4.23. The second-order valence-corrected chi connectivity index (χ2v) is 6.47. The van der Waals surface area contributed by atoms with Crippen molar-refractivity contribution in [3.8, 4) is 5.75 Å². The summed E-state index contributed by atoms with van der Waals surface area (Å²) in [6.45, 7) is 1.30. The number of halogens is 1. The number of guanidine groups is 1. The van der Waals surface area contributed by atoms with E-state index in [0.29, 0.717) is 18.7 Å². The van der Waals surface area contributed by atoms with Crippen molar-refractivity contribution >= 4 is 35.8 Å². The Labute approximate surface area is 184 Å². The van der Waals surface area contributed by atoms with Crippen molar-refractivity contribution in [3.05, 3.63) is 65.2 Å². The first-order chi connectivity index (χ1) is 13.0. The highest BCUT2D eigenvalue weighted by molar-refractivity contribution is 14.0. The molecule has 2 aromatic rings. The molecule has 0 saturated heterocycles. The van der Waals surface area contributed by atoms with E-state index in [1.807, 2.05) is 60.5 Å². The SMILES string of the molecule is CN=C(NCc1ccc(C(=O)N(C)C)cc1)N(C)Cc1ccccc1OC.I. The maximum absolute atomic E-state index is 12.0. The normalized spacial score (nSPS) is 10.7. The summed E-state index contributed by atoms with van der Waals surface area (Å²) in [4.78, 5) is 19.9. The van der Waals surface area contributed by atoms with Gasteiger partial charge in [0.25, 0.3) is 5.91 Å². The number of nitrogens with zero attached hydrogens (tertiary/aromatic N) is 3. The zero-order chi connectivity index (χ0) is 19.8. The third-order valence-corrected chi connectivity index (χ3v) is 4.23. The number of rotatable bonds is 6. The summed E-state index contributed by atoms with van der Waals surface area (Å²) in [5.41, 5.74) is 2.86. The van der Waals surface area contributed by atoms with E-state index in [1.165, 1.54) is 0 Å². The van der Waals surface area contributed by atoms with Crippen LogP contribution in [0.1, 0.15) is 21.5 Å². The number of hydrogen-bond acceptors (Lipinski definition) is 3. The molecule has 152 valence electrons. The maximum Gasteiger partial charge on any atom is 0.253 e. The highest BCUT2D eigenvalue weighted by Crippen LogP contribution is 2.18. The van der Waals surface area contributed by atoms with Crippen molar-refractivity contribution in [2.45, 2.75) is 13.1 Å². The average Bonchev–Trinajstić information content (AvgIpc) is 2.68. The summed E-state index contributed by atoms with van der Waals surface area (Å²) in [5, 5.41) is 3.35. The molecule has 0 spiro atoms. The number of nitrogens with one attached hydrogen (secondary N) is 1. The van der Waals surface area contributed by atoms with Crippen LogP contribution in [0.25, 0.3) is 0 Å². The molecule has 0 radical (unpaired) electrons. The molecule has 0 fully saturated rings. The number of aliphatic imine (C=N–C) groups is 1. The smallest absolute Gasteiger partial charge is 0.253 e. The van der Waals surface area contributed by atoms with Crippen LogP contribution in [0.5, 0.6) is 5.75 Å². The van der Waals surface area contributed by atoms with Gasteiger partial charge in [-0.05, 0) is 23.8 Å². The van der Waals surface area contributed by atoms with E-state index < -0.39 is 0 Å². The minimum atomic E-state index is 0. The van der Waals surface area contributed by atoms with Crippen LogP contribution in [0.2, 0.25) is 0 Å². The molecular formula is C21H29IN4O2. The van der Waals surface area contributed by atoms with Crippen LogP contribution >= 0.6 is 24.0 Å². The number of carbonyl (C=O) groups excluding carboxylic acids is 1. The Bertz CT molecular complexity index is 791. The van der Waals surface area contributed by atoms with E-state index in [2.05, 4.69) is 10.3 Å². The van der Waals surface area contributed by atoms with Gasteiger partial charge in [-0.15, -0.1) is 24.0 Å². The summed E-state index contributed by atoms with van der Waals surface area (Å²) < 4.78 is 5.42. The quantitative estimate of drug-likeness (QED) is 0.379. The van der Waals surface area contributed by atoms with Crippen molar-refractivity contribution in [3.63, 3.8) is 0 Å². The van der Waals surface area contributed by atoms with Gasteiger partial charge in [-0.3, -0.25) is 9.79 Å². The lowest BCUT2D eigenvalue weighted by atomic mass is 10.1. The standard InChI is InChI=1S/C21H28N4O2.HI/c1-22-21(25(4)15-18-8-6-7-9-19(18)27-5)23-14-16-10-12-17(13-11-16)20(26)24(2)3;/h6-13H,14-15H2,1-5H3,(H,22,23);1H. The summed E-state index contributed by atoms with van der Waals surface area (Å²) in [5.74, 6) is 1.65. The summed E-state index contributed by atoms with van der Waals surface area (Å²) in [6.07, 6.45) is 0. The van der Waals surface area contributed by atoms with E-state index in [-0.39, 0.29) is 29.9 Å². The minimum absolute atomic E-state index is 0. The largest absolute Gasteiger partial charge is 0.496 e. The monoisotopic (exact) mass is 496 g/mol. The number of para-hydroxylation sites is 1. The highest BCUT2D eigenvalue weighted by Gasteiger charge is 2.11. The Kier molecular flexibility index (Phi) is 9.78. The van der Waals surface area contributed by atoms with E-state index >= 15 is 0 Å². The Morgan fingerprint density at radius 2 is 1.71 bits per heavy atom. The molecule has 0 aromatic heterocycles. The molecule has 0 unspecified atom stereocenters. The fourth-order valence-corrected chi connectivity index (χ4v) is 2.75. The molecule has 0 saturated carbocycles. The number of ether oxygens (including phenoxy) is 1. The summed E-state index contributed by atoms with van der Waals surface area (Å²) >= 11 is 0. The van der Waals surface area contributed by atoms with Crippen LogP contribution in [0, 0.1) is 0 Å². The molecule has 7 heteroatoms. The zero-order valence-corrected chi connectivity index (χ0v) is 19.4.